The lowest BCUT2D eigenvalue weighted by molar-refractivity contribution is -0.0852. The van der Waals surface area contributed by atoms with Gasteiger partial charge < -0.3 is 24.3 Å². The molecule has 1 aliphatic heterocycles. The van der Waals surface area contributed by atoms with Crippen molar-refractivity contribution in [1.82, 2.24) is 39.4 Å². The van der Waals surface area contributed by atoms with Gasteiger partial charge >= 0.3 is 0 Å². The Balaban J connectivity index is 1.13. The molecule has 1 aromatic carbocycles. The zero-order valence-electron chi connectivity index (χ0n) is 29.0. The number of methoxy groups -OCH3 is 1. The average Bonchev–Trinajstić information content (AvgIpc) is 3.75. The molecule has 1 saturated heterocycles. The summed E-state index contributed by atoms with van der Waals surface area (Å²) >= 11 is 6.48. The van der Waals surface area contributed by atoms with Gasteiger partial charge in [-0.15, -0.1) is 5.10 Å². The Morgan fingerprint density at radius 3 is 2.43 bits per heavy atom. The van der Waals surface area contributed by atoms with Crippen LogP contribution >= 0.6 is 11.6 Å². The summed E-state index contributed by atoms with van der Waals surface area (Å²) in [6.07, 6.45) is 13.5. The van der Waals surface area contributed by atoms with E-state index in [1.807, 2.05) is 31.3 Å². The maximum absolute atomic E-state index is 6.48. The minimum Gasteiger partial charge on any atom is -0.487 e. The number of ether oxygens (including phenoxy) is 4. The van der Waals surface area contributed by atoms with E-state index in [9.17, 15) is 0 Å². The highest BCUT2D eigenvalue weighted by Crippen LogP contribution is 2.36. The molecule has 1 saturated carbocycles. The Kier molecular flexibility index (Phi) is 11.7. The minimum atomic E-state index is -0.167. The third-order valence-electron chi connectivity index (χ3n) is 9.06. The molecular formula is C35H48ClN9O4. The number of benzene rings is 1. The Labute approximate surface area is 293 Å². The second-order valence-corrected chi connectivity index (χ2v) is 13.9. The van der Waals surface area contributed by atoms with Crippen molar-refractivity contribution in [3.8, 4) is 22.8 Å². The molecule has 13 nitrogen and oxygen atoms in total. The van der Waals surface area contributed by atoms with Gasteiger partial charge in [0.15, 0.2) is 0 Å². The Hall–Kier alpha value is -3.78. The lowest BCUT2D eigenvalue weighted by Crippen LogP contribution is -2.51. The zero-order chi connectivity index (χ0) is 34.3. The lowest BCUT2D eigenvalue weighted by atomic mass is 9.89. The molecular weight excluding hydrogens is 646 g/mol. The molecule has 3 aromatic heterocycles. The Bertz CT molecular complexity index is 1600. The van der Waals surface area contributed by atoms with E-state index >= 15 is 0 Å². The third kappa shape index (κ3) is 9.27. The number of nitrogens with one attached hydrogen (secondary N) is 1. The van der Waals surface area contributed by atoms with Crippen molar-refractivity contribution in [3.05, 3.63) is 54.5 Å². The Morgan fingerprint density at radius 2 is 1.73 bits per heavy atom. The van der Waals surface area contributed by atoms with Crippen molar-refractivity contribution < 1.29 is 18.9 Å². The second-order valence-electron chi connectivity index (χ2n) is 13.5. The minimum absolute atomic E-state index is 0.167. The van der Waals surface area contributed by atoms with Crippen LogP contribution in [0.3, 0.4) is 0 Å². The van der Waals surface area contributed by atoms with Gasteiger partial charge in [0.1, 0.15) is 30.2 Å². The van der Waals surface area contributed by atoms with Gasteiger partial charge in [0.25, 0.3) is 5.88 Å². The molecule has 14 heteroatoms. The van der Waals surface area contributed by atoms with Gasteiger partial charge in [0.2, 0.25) is 5.95 Å². The molecule has 6 rings (SSSR count). The lowest BCUT2D eigenvalue weighted by Gasteiger charge is -2.42. The number of hydrogen-bond acceptors (Lipinski definition) is 11. The molecule has 2 aliphatic rings. The molecule has 49 heavy (non-hydrogen) atoms. The van der Waals surface area contributed by atoms with E-state index in [0.717, 1.165) is 55.6 Å². The molecule has 0 bridgehead atoms. The van der Waals surface area contributed by atoms with Gasteiger partial charge in [0, 0.05) is 50.1 Å². The summed E-state index contributed by atoms with van der Waals surface area (Å²) in [6.45, 7) is 12.0. The van der Waals surface area contributed by atoms with Crippen LogP contribution in [0.15, 0.2) is 49.4 Å². The van der Waals surface area contributed by atoms with E-state index in [-0.39, 0.29) is 24.2 Å². The predicted molar refractivity (Wildman–Crippen MR) is 188 cm³/mol. The number of rotatable bonds is 14. The third-order valence-corrected chi connectivity index (χ3v) is 9.37. The van der Waals surface area contributed by atoms with Gasteiger partial charge in [0.05, 0.1) is 49.2 Å². The van der Waals surface area contributed by atoms with Crippen LogP contribution in [0.1, 0.15) is 59.4 Å². The number of aromatic nitrogens is 7. The summed E-state index contributed by atoms with van der Waals surface area (Å²) in [4.78, 5) is 15.9. The fourth-order valence-corrected chi connectivity index (χ4v) is 6.95. The average molecular weight is 694 g/mol. The Morgan fingerprint density at radius 1 is 1.00 bits per heavy atom. The molecule has 1 N–H and O–H groups in total. The van der Waals surface area contributed by atoms with E-state index in [2.05, 4.69) is 55.7 Å². The molecule has 1 aliphatic carbocycles. The van der Waals surface area contributed by atoms with Crippen molar-refractivity contribution in [2.45, 2.75) is 90.3 Å². The smallest absolute Gasteiger partial charge is 0.256 e. The number of anilines is 2. The normalized spacial score (nSPS) is 22.8. The zero-order valence-corrected chi connectivity index (χ0v) is 29.8. The van der Waals surface area contributed by atoms with E-state index in [0.29, 0.717) is 54.4 Å². The second kappa shape index (κ2) is 16.3. The quantitative estimate of drug-likeness (QED) is 0.166. The largest absolute Gasteiger partial charge is 0.487 e. The molecule has 1 unspecified atom stereocenters. The molecule has 0 radical (unpaired) electrons. The summed E-state index contributed by atoms with van der Waals surface area (Å²) in [5.74, 6) is 1.78. The molecule has 264 valence electrons. The van der Waals surface area contributed by atoms with E-state index in [4.69, 9.17) is 35.6 Å². The highest BCUT2D eigenvalue weighted by atomic mass is 35.5. The maximum atomic E-state index is 6.48. The monoisotopic (exact) mass is 693 g/mol. The highest BCUT2D eigenvalue weighted by molar-refractivity contribution is 6.32. The highest BCUT2D eigenvalue weighted by Gasteiger charge is 2.32. The van der Waals surface area contributed by atoms with Crippen molar-refractivity contribution >= 4 is 23.2 Å². The van der Waals surface area contributed by atoms with Crippen molar-refractivity contribution in [1.29, 1.82) is 0 Å². The maximum Gasteiger partial charge on any atom is 0.256 e. The summed E-state index contributed by atoms with van der Waals surface area (Å²) < 4.78 is 27.4. The van der Waals surface area contributed by atoms with Crippen LogP contribution in [0.25, 0.3) is 11.1 Å². The fraction of sp³-hybridized carbons (Fsp3) is 0.571. The number of nitrogens with zero attached hydrogens (tertiary/aromatic N) is 8. The van der Waals surface area contributed by atoms with Crippen LogP contribution in [-0.4, -0.2) is 97.2 Å². The molecule has 0 spiro atoms. The van der Waals surface area contributed by atoms with Gasteiger partial charge in [-0.3, -0.25) is 9.58 Å². The summed E-state index contributed by atoms with van der Waals surface area (Å²) in [5.41, 5.74) is 2.45. The standard InChI is InChI=1S/C35H48ClN9O4/c1-23(19-46-5)20-47-34-32(18-45(42-34)30-9-7-29(8-10-30)43-15-24(2)48-25(3)16-43)41-35-38-13-28(14-39-35)27-6-11-31(36)33(12-27)49-26(4)17-44-22-37-21-40-44/h6,11-14,18,21-26,29-30H,7-10,15-17,19-20H2,1-5H3,(H,38,39,41)/t23?,24-,25+,26-,29?,30?/m0/s1. The van der Waals surface area contributed by atoms with Crippen LogP contribution in [-0.2, 0) is 16.0 Å². The van der Waals surface area contributed by atoms with Crippen molar-refractivity contribution in [2.24, 2.45) is 5.92 Å². The first-order valence-electron chi connectivity index (χ1n) is 17.2. The van der Waals surface area contributed by atoms with Gasteiger partial charge in [-0.25, -0.2) is 19.6 Å². The summed E-state index contributed by atoms with van der Waals surface area (Å²) in [7, 11) is 1.70. The van der Waals surface area contributed by atoms with E-state index in [1.165, 1.54) is 6.33 Å². The molecule has 0 amide bonds. The van der Waals surface area contributed by atoms with Crippen LogP contribution < -0.4 is 14.8 Å². The first kappa shape index (κ1) is 35.1. The van der Waals surface area contributed by atoms with Gasteiger partial charge in [-0.2, -0.15) is 5.10 Å². The number of hydrogen-bond donors (Lipinski definition) is 1. The van der Waals surface area contributed by atoms with Crippen LogP contribution in [0.2, 0.25) is 5.02 Å². The summed E-state index contributed by atoms with van der Waals surface area (Å²) in [6, 6.07) is 6.53. The van der Waals surface area contributed by atoms with E-state index in [1.54, 1.807) is 30.5 Å². The van der Waals surface area contributed by atoms with Gasteiger partial charge in [-0.1, -0.05) is 24.6 Å². The molecule has 4 heterocycles. The molecule has 2 fully saturated rings. The molecule has 4 atom stereocenters. The predicted octanol–water partition coefficient (Wildman–Crippen LogP) is 6.05. The van der Waals surface area contributed by atoms with Crippen LogP contribution in [0, 0.1) is 5.92 Å². The first-order chi connectivity index (χ1) is 23.7. The van der Waals surface area contributed by atoms with E-state index < -0.39 is 0 Å². The topological polar surface area (TPSA) is 127 Å². The van der Waals surface area contributed by atoms with Crippen molar-refractivity contribution in [2.75, 3.05) is 38.7 Å². The van der Waals surface area contributed by atoms with Gasteiger partial charge in [-0.05, 0) is 64.2 Å². The van der Waals surface area contributed by atoms with Crippen LogP contribution in [0.4, 0.5) is 11.6 Å². The first-order valence-corrected chi connectivity index (χ1v) is 17.6. The van der Waals surface area contributed by atoms with Crippen molar-refractivity contribution in [3.63, 3.8) is 0 Å². The fourth-order valence-electron chi connectivity index (χ4n) is 6.79. The SMILES string of the molecule is COCC(C)COc1nn(C2CCC(N3C[C@@H](C)O[C@@H](C)C3)CC2)cc1Nc1ncc(-c2ccc(Cl)c(O[C@@H](C)Cn3cncn3)c2)cn1. The number of halogens is 1. The summed E-state index contributed by atoms with van der Waals surface area (Å²) in [5, 5.41) is 13.0. The molecule has 4 aromatic rings. The van der Waals surface area contributed by atoms with Crippen LogP contribution in [0.5, 0.6) is 11.6 Å². The number of morpholine rings is 1.